The average molecular weight is 325 g/mol. The molecule has 0 radical (unpaired) electrons. The molecular formula is C20H23NO3. The third-order valence-electron chi connectivity index (χ3n) is 3.56. The molecule has 0 saturated heterocycles. The topological polar surface area (TPSA) is 55.4 Å². The highest BCUT2D eigenvalue weighted by molar-refractivity contribution is 5.90. The van der Waals surface area contributed by atoms with Crippen LogP contribution < -0.4 is 5.32 Å². The van der Waals surface area contributed by atoms with Crippen molar-refractivity contribution in [2.24, 2.45) is 0 Å². The second-order valence-corrected chi connectivity index (χ2v) is 5.58. The lowest BCUT2D eigenvalue weighted by atomic mass is 10.1. The first-order chi connectivity index (χ1) is 11.7. The van der Waals surface area contributed by atoms with Crippen LogP contribution in [-0.2, 0) is 20.7 Å². The van der Waals surface area contributed by atoms with E-state index in [0.29, 0.717) is 19.4 Å². The van der Waals surface area contributed by atoms with Gasteiger partial charge in [-0.15, -0.1) is 0 Å². The summed E-state index contributed by atoms with van der Waals surface area (Å²) in [5.41, 5.74) is 2.01. The maximum atomic E-state index is 11.7. The zero-order valence-electron chi connectivity index (χ0n) is 13.7. The van der Waals surface area contributed by atoms with Crippen molar-refractivity contribution in [2.75, 3.05) is 11.9 Å². The molecular weight excluding hydrogens is 302 g/mol. The van der Waals surface area contributed by atoms with E-state index in [1.54, 1.807) is 0 Å². The van der Waals surface area contributed by atoms with Crippen molar-refractivity contribution >= 4 is 17.6 Å². The lowest BCUT2D eigenvalue weighted by Crippen LogP contribution is -2.12. The Morgan fingerprint density at radius 3 is 2.21 bits per heavy atom. The molecule has 0 spiro atoms. The number of hydrogen-bond donors (Lipinski definition) is 1. The molecule has 0 bridgehead atoms. The van der Waals surface area contributed by atoms with Crippen molar-refractivity contribution in [3.05, 3.63) is 66.2 Å². The number of amides is 1. The number of para-hydroxylation sites is 1. The molecule has 1 amide bonds. The van der Waals surface area contributed by atoms with Crippen LogP contribution in [0.25, 0.3) is 0 Å². The maximum absolute atomic E-state index is 11.7. The van der Waals surface area contributed by atoms with Crippen molar-refractivity contribution in [1.29, 1.82) is 0 Å². The number of carbonyl (C=O) groups excluding carboxylic acids is 2. The normalized spacial score (nSPS) is 10.2. The van der Waals surface area contributed by atoms with Gasteiger partial charge in [-0.3, -0.25) is 9.59 Å². The third kappa shape index (κ3) is 7.09. The fourth-order valence-corrected chi connectivity index (χ4v) is 2.32. The molecule has 1 N–H and O–H groups in total. The second-order valence-electron chi connectivity index (χ2n) is 5.58. The molecule has 0 atom stereocenters. The monoisotopic (exact) mass is 325 g/mol. The van der Waals surface area contributed by atoms with E-state index in [4.69, 9.17) is 4.74 Å². The molecule has 126 valence electrons. The molecule has 0 aliphatic heterocycles. The van der Waals surface area contributed by atoms with Crippen molar-refractivity contribution < 1.29 is 14.3 Å². The number of hydrogen-bond acceptors (Lipinski definition) is 3. The summed E-state index contributed by atoms with van der Waals surface area (Å²) in [6.07, 6.45) is 2.79. The number of aryl methyl sites for hydroxylation is 1. The number of rotatable bonds is 9. The lowest BCUT2D eigenvalue weighted by molar-refractivity contribution is -0.143. The van der Waals surface area contributed by atoms with Gasteiger partial charge in [0.15, 0.2) is 0 Å². The van der Waals surface area contributed by atoms with Gasteiger partial charge in [0.2, 0.25) is 5.91 Å². The van der Waals surface area contributed by atoms with E-state index < -0.39 is 0 Å². The summed E-state index contributed by atoms with van der Waals surface area (Å²) in [5, 5.41) is 2.80. The zero-order valence-corrected chi connectivity index (χ0v) is 13.7. The predicted octanol–water partition coefficient (Wildman–Crippen LogP) is 3.97. The van der Waals surface area contributed by atoms with E-state index in [0.717, 1.165) is 18.5 Å². The first kappa shape index (κ1) is 17.7. The summed E-state index contributed by atoms with van der Waals surface area (Å²) in [5.74, 6) is -0.325. The molecule has 2 aromatic carbocycles. The summed E-state index contributed by atoms with van der Waals surface area (Å²) in [6.45, 7) is 0.421. The first-order valence-electron chi connectivity index (χ1n) is 8.28. The minimum absolute atomic E-state index is 0.0851. The summed E-state index contributed by atoms with van der Waals surface area (Å²) in [6, 6.07) is 19.4. The summed E-state index contributed by atoms with van der Waals surface area (Å²) >= 11 is 0. The van der Waals surface area contributed by atoms with Gasteiger partial charge in [0.1, 0.15) is 0 Å². The van der Waals surface area contributed by atoms with E-state index in [9.17, 15) is 9.59 Å². The molecule has 0 aromatic heterocycles. The van der Waals surface area contributed by atoms with E-state index >= 15 is 0 Å². The standard InChI is InChI=1S/C20H23NO3/c22-19(21-18-12-5-2-6-13-18)14-7-15-20(23)24-16-8-11-17-9-3-1-4-10-17/h1-6,9-10,12-13H,7-8,11,14-16H2,(H,21,22). The number of ether oxygens (including phenoxy) is 1. The van der Waals surface area contributed by atoms with E-state index in [2.05, 4.69) is 17.4 Å². The van der Waals surface area contributed by atoms with Crippen LogP contribution >= 0.6 is 0 Å². The van der Waals surface area contributed by atoms with Crippen LogP contribution in [0.1, 0.15) is 31.2 Å². The smallest absolute Gasteiger partial charge is 0.305 e. The highest BCUT2D eigenvalue weighted by Gasteiger charge is 2.06. The van der Waals surface area contributed by atoms with Gasteiger partial charge in [-0.2, -0.15) is 0 Å². The SMILES string of the molecule is O=C(CCCC(=O)OCCCc1ccccc1)Nc1ccccc1. The number of benzene rings is 2. The van der Waals surface area contributed by atoms with Gasteiger partial charge in [0, 0.05) is 18.5 Å². The highest BCUT2D eigenvalue weighted by atomic mass is 16.5. The second kappa shape index (κ2) is 10.2. The molecule has 0 aliphatic carbocycles. The average Bonchev–Trinajstić information content (AvgIpc) is 2.60. The minimum Gasteiger partial charge on any atom is -0.466 e. The number of carbonyl (C=O) groups is 2. The van der Waals surface area contributed by atoms with Gasteiger partial charge < -0.3 is 10.1 Å². The Morgan fingerprint density at radius 2 is 1.50 bits per heavy atom. The van der Waals surface area contributed by atoms with Crippen LogP contribution in [0.4, 0.5) is 5.69 Å². The zero-order chi connectivity index (χ0) is 17.0. The molecule has 4 heteroatoms. The Morgan fingerprint density at radius 1 is 0.833 bits per heavy atom. The Hall–Kier alpha value is -2.62. The molecule has 0 fully saturated rings. The Balaban J connectivity index is 1.52. The minimum atomic E-state index is -0.240. The first-order valence-corrected chi connectivity index (χ1v) is 8.28. The Bertz CT molecular complexity index is 626. The summed E-state index contributed by atoms with van der Waals surface area (Å²) in [4.78, 5) is 23.4. The third-order valence-corrected chi connectivity index (χ3v) is 3.56. The fraction of sp³-hybridized carbons (Fsp3) is 0.300. The van der Waals surface area contributed by atoms with Crippen molar-refractivity contribution in [2.45, 2.75) is 32.1 Å². The molecule has 2 rings (SSSR count). The molecule has 0 saturated carbocycles. The van der Waals surface area contributed by atoms with Gasteiger partial charge in [-0.1, -0.05) is 48.5 Å². The van der Waals surface area contributed by atoms with Crippen molar-refractivity contribution in [1.82, 2.24) is 0 Å². The number of nitrogens with one attached hydrogen (secondary N) is 1. The van der Waals surface area contributed by atoms with Crippen molar-refractivity contribution in [3.8, 4) is 0 Å². The quantitative estimate of drug-likeness (QED) is 0.560. The van der Waals surface area contributed by atoms with Crippen LogP contribution in [0.3, 0.4) is 0 Å². The number of anilines is 1. The molecule has 4 nitrogen and oxygen atoms in total. The molecule has 24 heavy (non-hydrogen) atoms. The van der Waals surface area contributed by atoms with Crippen LogP contribution in [-0.4, -0.2) is 18.5 Å². The van der Waals surface area contributed by atoms with Gasteiger partial charge in [0.05, 0.1) is 6.61 Å². The van der Waals surface area contributed by atoms with Gasteiger partial charge in [0.25, 0.3) is 0 Å². The Kier molecular flexibility index (Phi) is 7.54. The van der Waals surface area contributed by atoms with Crippen molar-refractivity contribution in [3.63, 3.8) is 0 Å². The maximum Gasteiger partial charge on any atom is 0.305 e. The molecule has 2 aromatic rings. The lowest BCUT2D eigenvalue weighted by Gasteiger charge is -2.06. The van der Waals surface area contributed by atoms with Crippen LogP contribution in [0.2, 0.25) is 0 Å². The van der Waals surface area contributed by atoms with E-state index in [1.165, 1.54) is 5.56 Å². The fourth-order valence-electron chi connectivity index (χ4n) is 2.32. The summed E-state index contributed by atoms with van der Waals surface area (Å²) < 4.78 is 5.19. The van der Waals surface area contributed by atoms with Gasteiger partial charge in [-0.05, 0) is 37.0 Å². The van der Waals surface area contributed by atoms with Crippen LogP contribution in [0, 0.1) is 0 Å². The van der Waals surface area contributed by atoms with E-state index in [-0.39, 0.29) is 18.3 Å². The molecule has 0 heterocycles. The number of esters is 1. The summed E-state index contributed by atoms with van der Waals surface area (Å²) in [7, 11) is 0. The highest BCUT2D eigenvalue weighted by Crippen LogP contribution is 2.07. The largest absolute Gasteiger partial charge is 0.466 e. The molecule has 0 aliphatic rings. The van der Waals surface area contributed by atoms with Gasteiger partial charge in [-0.25, -0.2) is 0 Å². The van der Waals surface area contributed by atoms with Crippen LogP contribution in [0.5, 0.6) is 0 Å². The predicted molar refractivity (Wildman–Crippen MR) is 94.6 cm³/mol. The Labute approximate surface area is 142 Å². The molecule has 0 unspecified atom stereocenters. The van der Waals surface area contributed by atoms with E-state index in [1.807, 2.05) is 48.5 Å². The van der Waals surface area contributed by atoms with Gasteiger partial charge >= 0.3 is 5.97 Å². The van der Waals surface area contributed by atoms with Crippen LogP contribution in [0.15, 0.2) is 60.7 Å².